The molecule has 7 heteroatoms. The molecule has 0 bridgehead atoms. The maximum Gasteiger partial charge on any atom is 0.269 e. The Kier molecular flexibility index (Phi) is 4.94. The minimum Gasteiger partial charge on any atom is -0.368 e. The molecule has 1 saturated heterocycles. The van der Waals surface area contributed by atoms with Crippen LogP contribution in [0.1, 0.15) is 6.42 Å². The molecule has 0 aromatic heterocycles. The maximum absolute atomic E-state index is 11.8. The third kappa shape index (κ3) is 3.47. The first-order chi connectivity index (χ1) is 9.61. The van der Waals surface area contributed by atoms with Crippen molar-refractivity contribution in [2.45, 2.75) is 6.42 Å². The number of alkyl halides is 1. The summed E-state index contributed by atoms with van der Waals surface area (Å²) in [7, 11) is 0. The predicted molar refractivity (Wildman–Crippen MR) is 80.3 cm³/mol. The standard InChI is InChI=1S/C13H16BrN3O3/c14-6-5-13(18)16-9-7-15(8-10-16)11-1-3-12(4-2-11)17(19)20/h1-4H,5-10H2. The van der Waals surface area contributed by atoms with Crippen LogP contribution in [0.4, 0.5) is 11.4 Å². The Morgan fingerprint density at radius 1 is 1.20 bits per heavy atom. The fourth-order valence-electron chi connectivity index (χ4n) is 2.24. The van der Waals surface area contributed by atoms with Gasteiger partial charge in [0.25, 0.3) is 5.69 Å². The van der Waals surface area contributed by atoms with Crippen LogP contribution in [0.15, 0.2) is 24.3 Å². The molecule has 1 heterocycles. The van der Waals surface area contributed by atoms with E-state index in [9.17, 15) is 14.9 Å². The fourth-order valence-corrected chi connectivity index (χ4v) is 2.58. The van der Waals surface area contributed by atoms with Gasteiger partial charge in [0.05, 0.1) is 4.92 Å². The van der Waals surface area contributed by atoms with E-state index >= 15 is 0 Å². The molecule has 1 fully saturated rings. The molecule has 1 amide bonds. The zero-order chi connectivity index (χ0) is 14.5. The Balaban J connectivity index is 1.93. The second-order valence-corrected chi connectivity index (χ2v) is 5.37. The Labute approximate surface area is 125 Å². The lowest BCUT2D eigenvalue weighted by atomic mass is 10.2. The van der Waals surface area contributed by atoms with Crippen molar-refractivity contribution in [3.8, 4) is 0 Å². The Bertz CT molecular complexity index is 484. The van der Waals surface area contributed by atoms with Gasteiger partial charge in [-0.2, -0.15) is 0 Å². The van der Waals surface area contributed by atoms with Crippen LogP contribution in [0.2, 0.25) is 0 Å². The third-order valence-corrected chi connectivity index (χ3v) is 3.76. The number of hydrogen-bond donors (Lipinski definition) is 0. The normalized spacial score (nSPS) is 15.2. The van der Waals surface area contributed by atoms with E-state index in [0.29, 0.717) is 24.8 Å². The fraction of sp³-hybridized carbons (Fsp3) is 0.462. The highest BCUT2D eigenvalue weighted by molar-refractivity contribution is 9.09. The summed E-state index contributed by atoms with van der Waals surface area (Å²) >= 11 is 3.27. The van der Waals surface area contributed by atoms with E-state index in [1.54, 1.807) is 12.1 Å². The zero-order valence-corrected chi connectivity index (χ0v) is 12.6. The molecule has 1 aliphatic rings. The molecule has 1 aromatic carbocycles. The van der Waals surface area contributed by atoms with Crippen LogP contribution in [0.25, 0.3) is 0 Å². The number of anilines is 1. The highest BCUT2D eigenvalue weighted by Crippen LogP contribution is 2.20. The number of nitro benzene ring substituents is 1. The van der Waals surface area contributed by atoms with Gasteiger partial charge >= 0.3 is 0 Å². The topological polar surface area (TPSA) is 66.7 Å². The molecule has 108 valence electrons. The Morgan fingerprint density at radius 3 is 2.30 bits per heavy atom. The Morgan fingerprint density at radius 2 is 1.80 bits per heavy atom. The van der Waals surface area contributed by atoms with Crippen LogP contribution in [0.5, 0.6) is 0 Å². The van der Waals surface area contributed by atoms with Gasteiger partial charge in [0, 0.05) is 55.8 Å². The van der Waals surface area contributed by atoms with Crippen LogP contribution >= 0.6 is 15.9 Å². The van der Waals surface area contributed by atoms with Gasteiger partial charge in [0.1, 0.15) is 0 Å². The molecule has 2 rings (SSSR count). The first-order valence-corrected chi connectivity index (χ1v) is 7.57. The minimum absolute atomic E-state index is 0.0971. The van der Waals surface area contributed by atoms with Crippen LogP contribution in [-0.4, -0.2) is 47.2 Å². The van der Waals surface area contributed by atoms with Gasteiger partial charge in [-0.25, -0.2) is 0 Å². The van der Waals surface area contributed by atoms with Gasteiger partial charge in [-0.3, -0.25) is 14.9 Å². The van der Waals surface area contributed by atoms with Crippen molar-refractivity contribution in [2.24, 2.45) is 0 Å². The summed E-state index contributed by atoms with van der Waals surface area (Å²) < 4.78 is 0. The molecule has 1 aliphatic heterocycles. The van der Waals surface area contributed by atoms with Gasteiger partial charge in [-0.1, -0.05) is 15.9 Å². The molecule has 6 nitrogen and oxygen atoms in total. The highest BCUT2D eigenvalue weighted by Gasteiger charge is 2.21. The number of amides is 1. The summed E-state index contributed by atoms with van der Waals surface area (Å²) in [5.74, 6) is 0.172. The van der Waals surface area contributed by atoms with Crippen molar-refractivity contribution >= 4 is 33.2 Å². The molecule has 20 heavy (non-hydrogen) atoms. The van der Waals surface area contributed by atoms with Gasteiger partial charge in [-0.15, -0.1) is 0 Å². The van der Waals surface area contributed by atoms with Crippen molar-refractivity contribution in [3.63, 3.8) is 0 Å². The molecule has 0 radical (unpaired) electrons. The van der Waals surface area contributed by atoms with E-state index in [1.807, 2.05) is 4.90 Å². The molecular weight excluding hydrogens is 326 g/mol. The number of carbonyl (C=O) groups is 1. The summed E-state index contributed by atoms with van der Waals surface area (Å²) in [4.78, 5) is 26.0. The van der Waals surface area contributed by atoms with Crippen LogP contribution in [0, 0.1) is 10.1 Å². The maximum atomic E-state index is 11.8. The van der Waals surface area contributed by atoms with E-state index in [1.165, 1.54) is 12.1 Å². The van der Waals surface area contributed by atoms with Crippen molar-refractivity contribution < 1.29 is 9.72 Å². The monoisotopic (exact) mass is 341 g/mol. The van der Waals surface area contributed by atoms with E-state index in [0.717, 1.165) is 18.8 Å². The summed E-state index contributed by atoms with van der Waals surface area (Å²) in [6.45, 7) is 2.91. The molecule has 0 saturated carbocycles. The molecule has 0 unspecified atom stereocenters. The number of hydrogen-bond acceptors (Lipinski definition) is 4. The lowest BCUT2D eigenvalue weighted by Crippen LogP contribution is -2.48. The second kappa shape index (κ2) is 6.69. The first-order valence-electron chi connectivity index (χ1n) is 6.45. The summed E-state index contributed by atoms with van der Waals surface area (Å²) in [6.07, 6.45) is 0.525. The average Bonchev–Trinajstić information content (AvgIpc) is 2.48. The molecule has 0 atom stereocenters. The van der Waals surface area contributed by atoms with Crippen molar-refractivity contribution in [1.29, 1.82) is 0 Å². The average molecular weight is 342 g/mol. The predicted octanol–water partition coefficient (Wildman–Crippen LogP) is 2.03. The Hall–Kier alpha value is -1.63. The number of carbonyl (C=O) groups excluding carboxylic acids is 1. The zero-order valence-electron chi connectivity index (χ0n) is 11.0. The quantitative estimate of drug-likeness (QED) is 0.477. The molecule has 0 N–H and O–H groups in total. The largest absolute Gasteiger partial charge is 0.368 e. The molecule has 0 spiro atoms. The highest BCUT2D eigenvalue weighted by atomic mass is 79.9. The number of nitrogens with zero attached hydrogens (tertiary/aromatic N) is 3. The first kappa shape index (κ1) is 14.8. The molecule has 1 aromatic rings. The van der Waals surface area contributed by atoms with E-state index in [4.69, 9.17) is 0 Å². The summed E-state index contributed by atoms with van der Waals surface area (Å²) in [5.41, 5.74) is 1.06. The SMILES string of the molecule is O=C(CCBr)N1CCN(c2ccc([N+](=O)[O-])cc2)CC1. The number of non-ortho nitro benzene ring substituents is 1. The van der Waals surface area contributed by atoms with Crippen molar-refractivity contribution in [3.05, 3.63) is 34.4 Å². The number of benzene rings is 1. The van der Waals surface area contributed by atoms with Gasteiger partial charge in [-0.05, 0) is 12.1 Å². The smallest absolute Gasteiger partial charge is 0.269 e. The number of halogens is 1. The van der Waals surface area contributed by atoms with E-state index in [2.05, 4.69) is 20.8 Å². The summed E-state index contributed by atoms with van der Waals surface area (Å²) in [5, 5.41) is 11.3. The summed E-state index contributed by atoms with van der Waals surface area (Å²) in [6, 6.07) is 6.54. The van der Waals surface area contributed by atoms with E-state index < -0.39 is 4.92 Å². The second-order valence-electron chi connectivity index (χ2n) is 4.58. The van der Waals surface area contributed by atoms with Gasteiger partial charge in [0.2, 0.25) is 5.91 Å². The van der Waals surface area contributed by atoms with Crippen LogP contribution in [0.3, 0.4) is 0 Å². The van der Waals surface area contributed by atoms with Crippen LogP contribution < -0.4 is 4.90 Å². The number of rotatable bonds is 4. The minimum atomic E-state index is -0.402. The molecule has 0 aliphatic carbocycles. The van der Waals surface area contributed by atoms with Gasteiger partial charge in [0.15, 0.2) is 0 Å². The van der Waals surface area contributed by atoms with Gasteiger partial charge < -0.3 is 9.80 Å². The van der Waals surface area contributed by atoms with E-state index in [-0.39, 0.29) is 11.6 Å². The van der Waals surface area contributed by atoms with Crippen molar-refractivity contribution in [1.82, 2.24) is 4.90 Å². The lowest BCUT2D eigenvalue weighted by molar-refractivity contribution is -0.384. The third-order valence-electron chi connectivity index (χ3n) is 3.37. The lowest BCUT2D eigenvalue weighted by Gasteiger charge is -2.36. The van der Waals surface area contributed by atoms with Crippen LogP contribution in [-0.2, 0) is 4.79 Å². The number of nitro groups is 1. The molecular formula is C13H16BrN3O3. The number of piperazine rings is 1. The van der Waals surface area contributed by atoms with Crippen molar-refractivity contribution in [2.75, 3.05) is 36.4 Å².